The average molecular weight is 434 g/mol. The van der Waals surface area contributed by atoms with E-state index in [1.54, 1.807) is 29.9 Å². The van der Waals surface area contributed by atoms with Gasteiger partial charge in [-0.1, -0.05) is 23.9 Å². The molecular formula is C23H23N5O2S. The predicted octanol–water partition coefficient (Wildman–Crippen LogP) is 3.87. The van der Waals surface area contributed by atoms with Crippen molar-refractivity contribution in [1.82, 2.24) is 15.5 Å². The fourth-order valence-electron chi connectivity index (χ4n) is 4.17. The molecular weight excluding hydrogens is 410 g/mol. The van der Waals surface area contributed by atoms with Gasteiger partial charge in [0, 0.05) is 35.0 Å². The number of nitrogens with zero attached hydrogens (tertiary/aromatic N) is 2. The van der Waals surface area contributed by atoms with Crippen molar-refractivity contribution in [2.45, 2.75) is 28.6 Å². The van der Waals surface area contributed by atoms with Crippen molar-refractivity contribution in [2.75, 3.05) is 30.4 Å². The smallest absolute Gasteiger partial charge is 0.259 e. The molecule has 0 radical (unpaired) electrons. The topological polar surface area (TPSA) is 90.1 Å². The van der Waals surface area contributed by atoms with Crippen molar-refractivity contribution >= 4 is 35.0 Å². The number of rotatable bonds is 3. The Kier molecular flexibility index (Phi) is 5.25. The van der Waals surface area contributed by atoms with Crippen LogP contribution < -0.4 is 15.5 Å². The van der Waals surface area contributed by atoms with Gasteiger partial charge in [-0.25, -0.2) is 0 Å². The van der Waals surface area contributed by atoms with Gasteiger partial charge in [0.25, 0.3) is 11.8 Å². The van der Waals surface area contributed by atoms with Gasteiger partial charge in [-0.05, 0) is 49.7 Å². The van der Waals surface area contributed by atoms with E-state index >= 15 is 0 Å². The van der Waals surface area contributed by atoms with Crippen LogP contribution in [0.4, 0.5) is 11.4 Å². The van der Waals surface area contributed by atoms with Crippen LogP contribution in [-0.4, -0.2) is 42.1 Å². The Morgan fingerprint density at radius 3 is 2.94 bits per heavy atom. The van der Waals surface area contributed by atoms with Gasteiger partial charge >= 0.3 is 0 Å². The second-order valence-electron chi connectivity index (χ2n) is 7.84. The van der Waals surface area contributed by atoms with Crippen LogP contribution in [0.15, 0.2) is 58.5 Å². The highest BCUT2D eigenvalue weighted by atomic mass is 32.2. The number of H-pyrrole nitrogens is 1. The molecule has 158 valence electrons. The highest BCUT2D eigenvalue weighted by Crippen LogP contribution is 2.42. The number of carbonyl (C=O) groups is 2. The Balaban J connectivity index is 1.41. The maximum atomic E-state index is 13.0. The minimum atomic E-state index is -0.201. The van der Waals surface area contributed by atoms with Gasteiger partial charge in [0.2, 0.25) is 0 Å². The van der Waals surface area contributed by atoms with E-state index in [2.05, 4.69) is 20.8 Å². The van der Waals surface area contributed by atoms with E-state index in [-0.39, 0.29) is 17.7 Å². The van der Waals surface area contributed by atoms with Gasteiger partial charge in [0.1, 0.15) is 0 Å². The molecule has 3 N–H and O–H groups in total. The summed E-state index contributed by atoms with van der Waals surface area (Å²) in [7, 11) is 1.76. The number of amides is 2. The third kappa shape index (κ3) is 3.73. The molecule has 0 spiro atoms. The van der Waals surface area contributed by atoms with Crippen LogP contribution in [-0.2, 0) is 0 Å². The molecule has 1 saturated heterocycles. The fraction of sp³-hybridized carbons (Fsp3) is 0.261. The number of benzene rings is 2. The molecule has 0 bridgehead atoms. The zero-order valence-corrected chi connectivity index (χ0v) is 18.0. The Bertz CT molecular complexity index is 1150. The molecule has 2 amide bonds. The number of aromatic nitrogens is 2. The van der Waals surface area contributed by atoms with Crippen molar-refractivity contribution in [3.63, 3.8) is 0 Å². The summed E-state index contributed by atoms with van der Waals surface area (Å²) in [6, 6.07) is 13.3. The van der Waals surface area contributed by atoms with Crippen LogP contribution in [0.5, 0.6) is 0 Å². The van der Waals surface area contributed by atoms with E-state index in [0.717, 1.165) is 47.1 Å². The molecule has 1 aromatic heterocycles. The summed E-state index contributed by atoms with van der Waals surface area (Å²) in [6.45, 7) is 1.85. The monoisotopic (exact) mass is 433 g/mol. The maximum Gasteiger partial charge on any atom is 0.259 e. The lowest BCUT2D eigenvalue weighted by Crippen LogP contribution is -2.29. The molecule has 1 unspecified atom stereocenters. The number of nitrogens with one attached hydrogen (secondary N) is 3. The van der Waals surface area contributed by atoms with Gasteiger partial charge in [-0.2, -0.15) is 5.10 Å². The number of carbonyl (C=O) groups excluding carboxylic acids is 2. The van der Waals surface area contributed by atoms with Crippen LogP contribution >= 0.6 is 11.8 Å². The minimum Gasteiger partial charge on any atom is -0.322 e. The van der Waals surface area contributed by atoms with Gasteiger partial charge in [0.05, 0.1) is 28.7 Å². The zero-order valence-electron chi connectivity index (χ0n) is 17.1. The highest BCUT2D eigenvalue weighted by molar-refractivity contribution is 7.99. The summed E-state index contributed by atoms with van der Waals surface area (Å²) >= 11 is 1.56. The highest BCUT2D eigenvalue weighted by Gasteiger charge is 2.26. The van der Waals surface area contributed by atoms with E-state index in [4.69, 9.17) is 0 Å². The van der Waals surface area contributed by atoms with Crippen LogP contribution in [0, 0.1) is 0 Å². The summed E-state index contributed by atoms with van der Waals surface area (Å²) < 4.78 is 0. The van der Waals surface area contributed by atoms with Crippen molar-refractivity contribution < 1.29 is 9.59 Å². The van der Waals surface area contributed by atoms with E-state index in [1.807, 2.05) is 42.5 Å². The first-order valence-electron chi connectivity index (χ1n) is 10.4. The SMILES string of the molecule is CN1C(=O)c2ccccc2Sc2ccc(NC(=O)c3cn[nH]c3C3CCCNC3)cc21. The summed E-state index contributed by atoms with van der Waals surface area (Å²) in [5, 5.41) is 13.5. The molecule has 31 heavy (non-hydrogen) atoms. The number of hydrogen-bond acceptors (Lipinski definition) is 5. The molecule has 1 fully saturated rings. The minimum absolute atomic E-state index is 0.0627. The van der Waals surface area contributed by atoms with Gasteiger partial charge < -0.3 is 15.5 Å². The molecule has 1 atom stereocenters. The molecule has 2 aliphatic rings. The van der Waals surface area contributed by atoms with Gasteiger partial charge in [-0.15, -0.1) is 0 Å². The molecule has 0 aliphatic carbocycles. The number of aromatic amines is 1. The number of fused-ring (bicyclic) bond motifs is 2. The second-order valence-corrected chi connectivity index (χ2v) is 8.92. The van der Waals surface area contributed by atoms with E-state index in [1.165, 1.54) is 0 Å². The fourth-order valence-corrected chi connectivity index (χ4v) is 5.25. The Labute approximate surface area is 184 Å². The summed E-state index contributed by atoms with van der Waals surface area (Å²) in [5.74, 6) is -0.0113. The number of piperidine rings is 1. The summed E-state index contributed by atoms with van der Waals surface area (Å²) in [4.78, 5) is 29.5. The molecule has 3 heterocycles. The quantitative estimate of drug-likeness (QED) is 0.583. The Hall–Kier alpha value is -3.10. The molecule has 3 aromatic rings. The van der Waals surface area contributed by atoms with Gasteiger partial charge in [0.15, 0.2) is 0 Å². The first-order chi connectivity index (χ1) is 15.1. The van der Waals surface area contributed by atoms with Crippen molar-refractivity contribution in [3.8, 4) is 0 Å². The van der Waals surface area contributed by atoms with E-state index < -0.39 is 0 Å². The third-order valence-corrected chi connectivity index (χ3v) is 6.98. The van der Waals surface area contributed by atoms with Gasteiger partial charge in [-0.3, -0.25) is 14.7 Å². The van der Waals surface area contributed by atoms with Crippen LogP contribution in [0.2, 0.25) is 0 Å². The lowest BCUT2D eigenvalue weighted by Gasteiger charge is -2.22. The first kappa shape index (κ1) is 19.8. The lowest BCUT2D eigenvalue weighted by molar-refractivity contribution is 0.0989. The second kappa shape index (κ2) is 8.20. The standard InChI is InChI=1S/C23H23N5O2S/c1-28-18-11-15(8-9-20(18)31-19-7-3-2-6-16(19)23(28)30)26-22(29)17-13-25-27-21(17)14-5-4-10-24-12-14/h2-3,6-9,11,13-14,24H,4-5,10,12H2,1H3,(H,25,27)(H,26,29). The lowest BCUT2D eigenvalue weighted by atomic mass is 9.93. The largest absolute Gasteiger partial charge is 0.322 e. The molecule has 7 nitrogen and oxygen atoms in total. The van der Waals surface area contributed by atoms with Crippen molar-refractivity contribution in [1.29, 1.82) is 0 Å². The summed E-state index contributed by atoms with van der Waals surface area (Å²) in [5.41, 5.74) is 3.53. The molecule has 2 aliphatic heterocycles. The Morgan fingerprint density at radius 2 is 2.10 bits per heavy atom. The predicted molar refractivity (Wildman–Crippen MR) is 121 cm³/mol. The maximum absolute atomic E-state index is 13.0. The van der Waals surface area contributed by atoms with Crippen LogP contribution in [0.3, 0.4) is 0 Å². The molecule has 8 heteroatoms. The van der Waals surface area contributed by atoms with E-state index in [0.29, 0.717) is 16.8 Å². The van der Waals surface area contributed by atoms with Crippen LogP contribution in [0.1, 0.15) is 45.2 Å². The number of hydrogen-bond donors (Lipinski definition) is 3. The molecule has 0 saturated carbocycles. The Morgan fingerprint density at radius 1 is 1.23 bits per heavy atom. The van der Waals surface area contributed by atoms with E-state index in [9.17, 15) is 9.59 Å². The average Bonchev–Trinajstić information content (AvgIpc) is 3.27. The summed E-state index contributed by atoms with van der Waals surface area (Å²) in [6.07, 6.45) is 3.69. The third-order valence-electron chi connectivity index (χ3n) is 5.84. The first-order valence-corrected chi connectivity index (χ1v) is 11.2. The van der Waals surface area contributed by atoms with Crippen molar-refractivity contribution in [3.05, 3.63) is 65.5 Å². The molecule has 2 aromatic carbocycles. The molecule has 5 rings (SSSR count). The number of anilines is 2. The van der Waals surface area contributed by atoms with Crippen molar-refractivity contribution in [2.24, 2.45) is 0 Å². The zero-order chi connectivity index (χ0) is 21.4. The normalized spacial score (nSPS) is 18.2. The van der Waals surface area contributed by atoms with Crippen LogP contribution in [0.25, 0.3) is 0 Å².